The number of rotatable bonds is 5. The smallest absolute Gasteiger partial charge is 0.311 e. The van der Waals surface area contributed by atoms with Crippen LogP contribution in [0.15, 0.2) is 29.2 Å². The van der Waals surface area contributed by atoms with E-state index in [1.807, 2.05) is 30.5 Å². The third kappa shape index (κ3) is 3.79. The summed E-state index contributed by atoms with van der Waals surface area (Å²) in [6.45, 7) is -0.0365. The first-order valence-electron chi connectivity index (χ1n) is 6.86. The first kappa shape index (κ1) is 16.4. The molecule has 1 fully saturated rings. The lowest BCUT2D eigenvalue weighted by Gasteiger charge is -2.17. The van der Waals surface area contributed by atoms with Gasteiger partial charge in [-0.2, -0.15) is 0 Å². The van der Waals surface area contributed by atoms with Crippen molar-refractivity contribution in [2.75, 3.05) is 31.4 Å². The Balaban J connectivity index is 2.01. The first-order chi connectivity index (χ1) is 10.5. The Morgan fingerprint density at radius 2 is 2.23 bits per heavy atom. The highest BCUT2D eigenvalue weighted by atomic mass is 32.2. The minimum Gasteiger partial charge on any atom is -0.455 e. The van der Waals surface area contributed by atoms with Crippen molar-refractivity contribution >= 4 is 35.2 Å². The molecule has 6 nitrogen and oxygen atoms in total. The van der Waals surface area contributed by atoms with Crippen LogP contribution in [-0.2, 0) is 19.1 Å². The van der Waals surface area contributed by atoms with Gasteiger partial charge in [-0.15, -0.1) is 11.8 Å². The highest BCUT2D eigenvalue weighted by Gasteiger charge is 2.36. The highest BCUT2D eigenvalue weighted by molar-refractivity contribution is 7.98. The van der Waals surface area contributed by atoms with Crippen LogP contribution in [0, 0.1) is 5.92 Å². The Morgan fingerprint density at radius 3 is 2.91 bits per heavy atom. The quantitative estimate of drug-likeness (QED) is 0.648. The van der Waals surface area contributed by atoms with Gasteiger partial charge in [0.25, 0.3) is 5.91 Å². The molecule has 1 aliphatic rings. The molecule has 22 heavy (non-hydrogen) atoms. The standard InChI is InChI=1S/C15H18N2O4S/c1-16-13(18)9-21-15(20)10-6-14(19)17(8-10)11-4-3-5-12(7-11)22-2/h3-5,7,10H,6,8-9H2,1-2H3,(H,16,18)/t10-/m0/s1. The lowest BCUT2D eigenvalue weighted by molar-refractivity contribution is -0.152. The number of nitrogens with zero attached hydrogens (tertiary/aromatic N) is 1. The fourth-order valence-electron chi connectivity index (χ4n) is 2.22. The van der Waals surface area contributed by atoms with Gasteiger partial charge >= 0.3 is 5.97 Å². The molecule has 0 aliphatic carbocycles. The topological polar surface area (TPSA) is 75.7 Å². The van der Waals surface area contributed by atoms with Gasteiger partial charge in [0.15, 0.2) is 6.61 Å². The van der Waals surface area contributed by atoms with Crippen molar-refractivity contribution in [1.82, 2.24) is 5.32 Å². The summed E-state index contributed by atoms with van der Waals surface area (Å²) in [5, 5.41) is 2.37. The maximum absolute atomic E-state index is 12.1. The first-order valence-corrected chi connectivity index (χ1v) is 8.09. The minimum absolute atomic E-state index is 0.107. The van der Waals surface area contributed by atoms with E-state index in [4.69, 9.17) is 4.74 Å². The average Bonchev–Trinajstić information content (AvgIpc) is 2.94. The summed E-state index contributed by atoms with van der Waals surface area (Å²) in [4.78, 5) is 37.8. The summed E-state index contributed by atoms with van der Waals surface area (Å²) >= 11 is 1.59. The van der Waals surface area contributed by atoms with Crippen molar-refractivity contribution in [3.8, 4) is 0 Å². The SMILES string of the molecule is CNC(=O)COC(=O)[C@H]1CC(=O)N(c2cccc(SC)c2)C1. The predicted molar refractivity (Wildman–Crippen MR) is 83.7 cm³/mol. The normalized spacial score (nSPS) is 17.5. The minimum atomic E-state index is -0.532. The summed E-state index contributed by atoms with van der Waals surface area (Å²) in [5.41, 5.74) is 0.776. The largest absolute Gasteiger partial charge is 0.455 e. The van der Waals surface area contributed by atoms with E-state index in [1.165, 1.54) is 7.05 Å². The van der Waals surface area contributed by atoms with E-state index < -0.39 is 11.9 Å². The number of carbonyl (C=O) groups excluding carboxylic acids is 3. The van der Waals surface area contributed by atoms with Gasteiger partial charge in [0.2, 0.25) is 5.91 Å². The van der Waals surface area contributed by atoms with Gasteiger partial charge in [-0.25, -0.2) is 0 Å². The molecule has 1 heterocycles. The molecular formula is C15H18N2O4S. The van der Waals surface area contributed by atoms with Gasteiger partial charge in [-0.05, 0) is 24.5 Å². The lowest BCUT2D eigenvalue weighted by atomic mass is 10.1. The van der Waals surface area contributed by atoms with Crippen LogP contribution in [-0.4, -0.2) is 44.2 Å². The van der Waals surface area contributed by atoms with Crippen molar-refractivity contribution < 1.29 is 19.1 Å². The van der Waals surface area contributed by atoms with Gasteiger partial charge in [0.05, 0.1) is 5.92 Å². The zero-order valence-corrected chi connectivity index (χ0v) is 13.3. The molecule has 0 bridgehead atoms. The molecule has 7 heteroatoms. The Labute approximate surface area is 133 Å². The Kier molecular flexibility index (Phi) is 5.43. The van der Waals surface area contributed by atoms with E-state index in [0.717, 1.165) is 10.6 Å². The van der Waals surface area contributed by atoms with Crippen LogP contribution in [0.5, 0.6) is 0 Å². The molecule has 2 amide bonds. The molecule has 1 aliphatic heterocycles. The van der Waals surface area contributed by atoms with E-state index in [1.54, 1.807) is 16.7 Å². The molecule has 1 saturated heterocycles. The molecule has 0 saturated carbocycles. The maximum atomic E-state index is 12.1. The van der Waals surface area contributed by atoms with Crippen molar-refractivity contribution in [1.29, 1.82) is 0 Å². The van der Waals surface area contributed by atoms with Crippen LogP contribution in [0.25, 0.3) is 0 Å². The lowest BCUT2D eigenvalue weighted by Crippen LogP contribution is -2.29. The molecule has 0 unspecified atom stereocenters. The number of thioether (sulfide) groups is 1. The molecule has 1 N–H and O–H groups in total. The van der Waals surface area contributed by atoms with Crippen LogP contribution in [0.1, 0.15) is 6.42 Å². The summed E-state index contributed by atoms with van der Waals surface area (Å²) < 4.78 is 4.92. The molecule has 2 rings (SSSR count). The van der Waals surface area contributed by atoms with Gasteiger partial charge in [-0.1, -0.05) is 6.07 Å². The Hall–Kier alpha value is -2.02. The third-order valence-corrected chi connectivity index (χ3v) is 4.17. The second-order valence-electron chi connectivity index (χ2n) is 4.89. The van der Waals surface area contributed by atoms with Crippen LogP contribution in [0.2, 0.25) is 0 Å². The summed E-state index contributed by atoms with van der Waals surface area (Å²) in [7, 11) is 1.47. The molecule has 0 spiro atoms. The number of amides is 2. The number of hydrogen-bond acceptors (Lipinski definition) is 5. The fraction of sp³-hybridized carbons (Fsp3) is 0.400. The highest BCUT2D eigenvalue weighted by Crippen LogP contribution is 2.28. The molecular weight excluding hydrogens is 304 g/mol. The number of hydrogen-bond donors (Lipinski definition) is 1. The number of esters is 1. The summed E-state index contributed by atoms with van der Waals surface area (Å²) in [6, 6.07) is 7.60. The summed E-state index contributed by atoms with van der Waals surface area (Å²) in [5.74, 6) is -1.53. The van der Waals surface area contributed by atoms with Crippen molar-refractivity contribution in [3.63, 3.8) is 0 Å². The molecule has 1 aromatic rings. The van der Waals surface area contributed by atoms with Crippen molar-refractivity contribution in [2.24, 2.45) is 5.92 Å². The number of nitrogens with one attached hydrogen (secondary N) is 1. The second-order valence-corrected chi connectivity index (χ2v) is 5.77. The number of likely N-dealkylation sites (N-methyl/N-ethyl adjacent to an activating group) is 1. The molecule has 0 aromatic heterocycles. The van der Waals surface area contributed by atoms with Crippen LogP contribution >= 0.6 is 11.8 Å². The van der Waals surface area contributed by atoms with Crippen molar-refractivity contribution in [3.05, 3.63) is 24.3 Å². The molecule has 118 valence electrons. The fourth-order valence-corrected chi connectivity index (χ4v) is 2.67. The van der Waals surface area contributed by atoms with Crippen molar-refractivity contribution in [2.45, 2.75) is 11.3 Å². The van der Waals surface area contributed by atoms with Gasteiger partial charge < -0.3 is 15.0 Å². The average molecular weight is 322 g/mol. The zero-order chi connectivity index (χ0) is 16.1. The number of benzene rings is 1. The Bertz CT molecular complexity index is 591. The molecule has 0 radical (unpaired) electrons. The van der Waals surface area contributed by atoms with E-state index in [9.17, 15) is 14.4 Å². The van der Waals surface area contributed by atoms with Gasteiger partial charge in [0, 0.05) is 30.6 Å². The zero-order valence-electron chi connectivity index (χ0n) is 12.5. The van der Waals surface area contributed by atoms with E-state index in [2.05, 4.69) is 5.32 Å². The second kappa shape index (κ2) is 7.31. The van der Waals surface area contributed by atoms with Crippen LogP contribution in [0.3, 0.4) is 0 Å². The monoisotopic (exact) mass is 322 g/mol. The van der Waals surface area contributed by atoms with Crippen LogP contribution in [0.4, 0.5) is 5.69 Å². The van der Waals surface area contributed by atoms with E-state index in [-0.39, 0.29) is 31.4 Å². The molecule has 1 aromatic carbocycles. The van der Waals surface area contributed by atoms with E-state index in [0.29, 0.717) is 0 Å². The Morgan fingerprint density at radius 1 is 1.45 bits per heavy atom. The van der Waals surface area contributed by atoms with Gasteiger partial charge in [0.1, 0.15) is 0 Å². The predicted octanol–water partition coefficient (Wildman–Crippen LogP) is 1.05. The maximum Gasteiger partial charge on any atom is 0.311 e. The van der Waals surface area contributed by atoms with E-state index >= 15 is 0 Å². The number of ether oxygens (including phenoxy) is 1. The van der Waals surface area contributed by atoms with Crippen LogP contribution < -0.4 is 10.2 Å². The summed E-state index contributed by atoms with van der Waals surface area (Å²) in [6.07, 6.45) is 2.07. The third-order valence-electron chi connectivity index (χ3n) is 3.45. The molecule has 1 atom stereocenters. The van der Waals surface area contributed by atoms with Gasteiger partial charge in [-0.3, -0.25) is 14.4 Å². The number of anilines is 1. The number of carbonyl (C=O) groups is 3.